The molecule has 5 heteroatoms. The van der Waals surface area contributed by atoms with Gasteiger partial charge in [-0.2, -0.15) is 0 Å². The molecule has 0 bridgehead atoms. The van der Waals surface area contributed by atoms with Crippen LogP contribution < -0.4 is 5.32 Å². The first-order chi connectivity index (χ1) is 8.29. The molecule has 0 amide bonds. The van der Waals surface area contributed by atoms with Crippen LogP contribution in [-0.4, -0.2) is 30.7 Å². The van der Waals surface area contributed by atoms with Crippen molar-refractivity contribution in [2.24, 2.45) is 4.99 Å². The Morgan fingerprint density at radius 3 is 3.24 bits per heavy atom. The van der Waals surface area contributed by atoms with E-state index in [1.54, 1.807) is 18.4 Å². The molecule has 1 N–H and O–H groups in total. The fourth-order valence-corrected chi connectivity index (χ4v) is 3.50. The Hall–Kier alpha value is -0.520. The van der Waals surface area contributed by atoms with Gasteiger partial charge in [0.15, 0.2) is 5.17 Å². The van der Waals surface area contributed by atoms with Crippen molar-refractivity contribution in [3.05, 3.63) is 22.4 Å². The third-order valence-electron chi connectivity index (χ3n) is 2.68. The highest BCUT2D eigenvalue weighted by atomic mass is 32.2. The smallest absolute Gasteiger partial charge is 0.157 e. The molecule has 0 fully saturated rings. The minimum Gasteiger partial charge on any atom is -0.385 e. The van der Waals surface area contributed by atoms with Gasteiger partial charge in [0, 0.05) is 24.3 Å². The van der Waals surface area contributed by atoms with E-state index >= 15 is 0 Å². The lowest BCUT2D eigenvalue weighted by Crippen LogP contribution is -2.22. The molecule has 2 heterocycles. The minimum absolute atomic E-state index is 0.349. The highest BCUT2D eigenvalue weighted by molar-refractivity contribution is 8.14. The van der Waals surface area contributed by atoms with Gasteiger partial charge in [0.25, 0.3) is 0 Å². The number of hydrogen-bond acceptors (Lipinski definition) is 5. The Kier molecular flexibility index (Phi) is 4.88. The van der Waals surface area contributed by atoms with E-state index in [1.807, 2.05) is 11.8 Å². The summed E-state index contributed by atoms with van der Waals surface area (Å²) in [6, 6.07) is 5.01. The Bertz CT molecular complexity index is 365. The summed E-state index contributed by atoms with van der Waals surface area (Å²) in [5, 5.41) is 6.66. The molecular weight excluding hydrogens is 252 g/mol. The topological polar surface area (TPSA) is 33.6 Å². The van der Waals surface area contributed by atoms with Gasteiger partial charge in [-0.05, 0) is 24.8 Å². The first kappa shape index (κ1) is 12.9. The van der Waals surface area contributed by atoms with Crippen LogP contribution in [0, 0.1) is 0 Å². The van der Waals surface area contributed by atoms with Crippen molar-refractivity contribution in [3.8, 4) is 0 Å². The number of nitrogens with zero attached hydrogens (tertiary/aromatic N) is 1. The zero-order chi connectivity index (χ0) is 12.1. The number of ether oxygens (including phenoxy) is 1. The zero-order valence-electron chi connectivity index (χ0n) is 10.2. The molecule has 0 aliphatic carbocycles. The molecule has 17 heavy (non-hydrogen) atoms. The summed E-state index contributed by atoms with van der Waals surface area (Å²) in [7, 11) is 1.74. The molecule has 3 nitrogen and oxygen atoms in total. The molecule has 0 radical (unpaired) electrons. The van der Waals surface area contributed by atoms with E-state index in [0.29, 0.717) is 12.1 Å². The van der Waals surface area contributed by atoms with E-state index in [1.165, 1.54) is 4.88 Å². The first-order valence-corrected chi connectivity index (χ1v) is 7.65. The second-order valence-electron chi connectivity index (χ2n) is 4.06. The van der Waals surface area contributed by atoms with E-state index in [2.05, 4.69) is 34.7 Å². The van der Waals surface area contributed by atoms with Crippen LogP contribution in [0.3, 0.4) is 0 Å². The highest BCUT2D eigenvalue weighted by Gasteiger charge is 2.19. The van der Waals surface area contributed by atoms with Crippen LogP contribution >= 0.6 is 23.1 Å². The molecule has 2 rings (SSSR count). The number of aliphatic imine (C=N–C) groups is 1. The van der Waals surface area contributed by atoms with Crippen LogP contribution in [0.15, 0.2) is 22.5 Å². The molecule has 1 aliphatic rings. The van der Waals surface area contributed by atoms with E-state index in [-0.39, 0.29) is 0 Å². The molecule has 1 aromatic rings. The van der Waals surface area contributed by atoms with Gasteiger partial charge in [0.05, 0.1) is 12.1 Å². The third-order valence-corrected chi connectivity index (χ3v) is 4.78. The average Bonchev–Trinajstić information content (AvgIpc) is 2.97. The Balaban J connectivity index is 1.83. The zero-order valence-corrected chi connectivity index (χ0v) is 11.8. The molecule has 1 aromatic heterocycles. The third kappa shape index (κ3) is 3.72. The minimum atomic E-state index is 0.349. The van der Waals surface area contributed by atoms with Crippen LogP contribution in [0.4, 0.5) is 0 Å². The highest BCUT2D eigenvalue weighted by Crippen LogP contribution is 2.23. The Morgan fingerprint density at radius 1 is 1.65 bits per heavy atom. The van der Waals surface area contributed by atoms with Crippen molar-refractivity contribution in [1.82, 2.24) is 5.32 Å². The number of thiophene rings is 1. The molecule has 2 unspecified atom stereocenters. The summed E-state index contributed by atoms with van der Waals surface area (Å²) in [6.45, 7) is 2.97. The molecule has 1 aliphatic heterocycles. The molecular formula is C12H18N2OS2. The van der Waals surface area contributed by atoms with E-state index in [9.17, 15) is 0 Å². The molecule has 0 saturated carbocycles. The van der Waals surface area contributed by atoms with Crippen molar-refractivity contribution in [2.45, 2.75) is 25.4 Å². The quantitative estimate of drug-likeness (QED) is 0.893. The van der Waals surface area contributed by atoms with E-state index in [0.717, 1.165) is 23.9 Å². The fourth-order valence-electron chi connectivity index (χ4n) is 1.69. The maximum atomic E-state index is 5.08. The summed E-state index contributed by atoms with van der Waals surface area (Å²) in [6.07, 6.45) is 1.02. The van der Waals surface area contributed by atoms with Crippen molar-refractivity contribution in [1.29, 1.82) is 0 Å². The van der Waals surface area contributed by atoms with Gasteiger partial charge in [-0.25, -0.2) is 0 Å². The van der Waals surface area contributed by atoms with Crippen LogP contribution in [0.2, 0.25) is 0 Å². The largest absolute Gasteiger partial charge is 0.385 e. The Labute approximate surface area is 111 Å². The van der Waals surface area contributed by atoms with E-state index in [4.69, 9.17) is 4.74 Å². The lowest BCUT2D eigenvalue weighted by atomic mass is 10.2. The summed E-state index contributed by atoms with van der Waals surface area (Å²) in [5.41, 5.74) is 0. The Morgan fingerprint density at radius 2 is 2.53 bits per heavy atom. The van der Waals surface area contributed by atoms with Gasteiger partial charge in [-0.3, -0.25) is 4.99 Å². The monoisotopic (exact) mass is 270 g/mol. The van der Waals surface area contributed by atoms with Gasteiger partial charge in [-0.1, -0.05) is 17.8 Å². The maximum absolute atomic E-state index is 5.08. The van der Waals surface area contributed by atoms with Crippen LogP contribution in [0.1, 0.15) is 24.3 Å². The second-order valence-corrected chi connectivity index (χ2v) is 6.05. The first-order valence-electron chi connectivity index (χ1n) is 5.79. The second kappa shape index (κ2) is 6.42. The number of thioether (sulfide) groups is 1. The molecule has 0 saturated heterocycles. The van der Waals surface area contributed by atoms with E-state index < -0.39 is 0 Å². The van der Waals surface area contributed by atoms with Gasteiger partial charge >= 0.3 is 0 Å². The number of amidine groups is 1. The van der Waals surface area contributed by atoms with Gasteiger partial charge in [0.2, 0.25) is 0 Å². The lowest BCUT2D eigenvalue weighted by molar-refractivity contribution is 0.190. The van der Waals surface area contributed by atoms with Crippen molar-refractivity contribution in [3.63, 3.8) is 0 Å². The average molecular weight is 270 g/mol. The molecule has 94 valence electrons. The molecule has 2 atom stereocenters. The summed E-state index contributed by atoms with van der Waals surface area (Å²) in [5.74, 6) is 1.07. The van der Waals surface area contributed by atoms with Crippen LogP contribution in [0.25, 0.3) is 0 Å². The van der Waals surface area contributed by atoms with Gasteiger partial charge in [-0.15, -0.1) is 11.3 Å². The number of nitrogens with one attached hydrogen (secondary N) is 1. The SMILES string of the molecule is COCCC1CSC(NC(C)c2cccs2)=N1. The molecule has 0 aromatic carbocycles. The summed E-state index contributed by atoms with van der Waals surface area (Å²) in [4.78, 5) is 6.02. The summed E-state index contributed by atoms with van der Waals surface area (Å²) >= 11 is 3.60. The van der Waals surface area contributed by atoms with Crippen LogP contribution in [-0.2, 0) is 4.74 Å². The van der Waals surface area contributed by atoms with Crippen LogP contribution in [0.5, 0.6) is 0 Å². The normalized spacial score (nSPS) is 21.3. The van der Waals surface area contributed by atoms with Crippen molar-refractivity contribution < 1.29 is 4.74 Å². The van der Waals surface area contributed by atoms with Gasteiger partial charge < -0.3 is 10.1 Å². The predicted octanol–water partition coefficient (Wildman–Crippen LogP) is 2.91. The fraction of sp³-hybridized carbons (Fsp3) is 0.583. The number of methoxy groups -OCH3 is 1. The standard InChI is InChI=1S/C12H18N2OS2/c1-9(11-4-3-7-16-11)13-12-14-10(8-17-12)5-6-15-2/h3-4,7,9-10H,5-6,8H2,1-2H3,(H,13,14). The van der Waals surface area contributed by atoms with Crippen molar-refractivity contribution in [2.75, 3.05) is 19.5 Å². The summed E-state index contributed by atoms with van der Waals surface area (Å²) < 4.78 is 5.08. The maximum Gasteiger partial charge on any atom is 0.157 e. The number of rotatable bonds is 5. The van der Waals surface area contributed by atoms with Crippen molar-refractivity contribution >= 4 is 28.3 Å². The molecule has 0 spiro atoms. The lowest BCUT2D eigenvalue weighted by Gasteiger charge is -2.12. The van der Waals surface area contributed by atoms with Gasteiger partial charge in [0.1, 0.15) is 0 Å². The predicted molar refractivity (Wildman–Crippen MR) is 76.0 cm³/mol. The number of hydrogen-bond donors (Lipinski definition) is 1.